The summed E-state index contributed by atoms with van der Waals surface area (Å²) >= 11 is 7.25. The molecular formula is C27H20ClN3O4S. The van der Waals surface area contributed by atoms with E-state index in [-0.39, 0.29) is 0 Å². The molecule has 0 radical (unpaired) electrons. The molecule has 0 aliphatic carbocycles. The van der Waals surface area contributed by atoms with E-state index >= 15 is 0 Å². The highest BCUT2D eigenvalue weighted by molar-refractivity contribution is 7.20. The van der Waals surface area contributed by atoms with Crippen molar-refractivity contribution >= 4 is 50.7 Å². The monoisotopic (exact) mass is 517 g/mol. The van der Waals surface area contributed by atoms with Crippen LogP contribution in [-0.2, 0) is 9.53 Å². The summed E-state index contributed by atoms with van der Waals surface area (Å²) in [6.45, 7) is 1.44. The number of thiophene rings is 1. The van der Waals surface area contributed by atoms with E-state index in [1.807, 2.05) is 55.5 Å². The van der Waals surface area contributed by atoms with Crippen molar-refractivity contribution < 1.29 is 19.1 Å². The van der Waals surface area contributed by atoms with Crippen LogP contribution in [0.1, 0.15) is 15.4 Å². The largest absolute Gasteiger partial charge is 0.455 e. The first-order valence-electron chi connectivity index (χ1n) is 11.0. The molecule has 1 N–H and O–H groups in total. The van der Waals surface area contributed by atoms with Gasteiger partial charge in [-0.1, -0.05) is 41.9 Å². The van der Waals surface area contributed by atoms with Gasteiger partial charge in [0.2, 0.25) is 0 Å². The zero-order valence-electron chi connectivity index (χ0n) is 19.1. The van der Waals surface area contributed by atoms with E-state index in [2.05, 4.69) is 10.4 Å². The Morgan fingerprint density at radius 2 is 1.72 bits per heavy atom. The van der Waals surface area contributed by atoms with Crippen LogP contribution in [0.4, 0.5) is 5.69 Å². The van der Waals surface area contributed by atoms with E-state index in [0.29, 0.717) is 27.1 Å². The summed E-state index contributed by atoms with van der Waals surface area (Å²) < 4.78 is 12.9. The summed E-state index contributed by atoms with van der Waals surface area (Å²) in [6, 6.07) is 25.3. The van der Waals surface area contributed by atoms with Crippen LogP contribution < -0.4 is 10.1 Å². The van der Waals surface area contributed by atoms with Crippen molar-refractivity contribution in [2.45, 2.75) is 6.92 Å². The lowest BCUT2D eigenvalue weighted by molar-refractivity contribution is -0.119. The molecule has 180 valence electrons. The number of hydrogen-bond acceptors (Lipinski definition) is 6. The highest BCUT2D eigenvalue weighted by Crippen LogP contribution is 2.32. The normalized spacial score (nSPS) is 10.8. The summed E-state index contributed by atoms with van der Waals surface area (Å²) in [5, 5.41) is 8.78. The zero-order chi connectivity index (χ0) is 25.1. The van der Waals surface area contributed by atoms with E-state index in [1.54, 1.807) is 41.1 Å². The zero-order valence-corrected chi connectivity index (χ0v) is 20.7. The number of amides is 1. The van der Waals surface area contributed by atoms with Gasteiger partial charge in [-0.25, -0.2) is 9.48 Å². The maximum absolute atomic E-state index is 12.7. The summed E-state index contributed by atoms with van der Waals surface area (Å²) in [7, 11) is 0. The maximum atomic E-state index is 12.7. The number of aromatic nitrogens is 2. The van der Waals surface area contributed by atoms with Crippen LogP contribution in [0.5, 0.6) is 11.5 Å². The van der Waals surface area contributed by atoms with Crippen molar-refractivity contribution in [3.05, 3.63) is 101 Å². The Labute approximate surface area is 215 Å². The fourth-order valence-corrected chi connectivity index (χ4v) is 4.77. The predicted octanol–water partition coefficient (Wildman–Crippen LogP) is 6.64. The van der Waals surface area contributed by atoms with Crippen LogP contribution in [0, 0.1) is 6.92 Å². The third-order valence-corrected chi connectivity index (χ3v) is 6.63. The molecule has 9 heteroatoms. The minimum atomic E-state index is -0.581. The molecule has 2 aromatic heterocycles. The molecule has 0 aliphatic heterocycles. The van der Waals surface area contributed by atoms with Crippen LogP contribution in [0.25, 0.3) is 15.9 Å². The molecule has 5 aromatic rings. The van der Waals surface area contributed by atoms with Crippen LogP contribution in [0.3, 0.4) is 0 Å². The number of benzene rings is 3. The second-order valence-corrected chi connectivity index (χ2v) is 9.31. The first kappa shape index (κ1) is 23.6. The summed E-state index contributed by atoms with van der Waals surface area (Å²) in [4.78, 5) is 26.4. The van der Waals surface area contributed by atoms with E-state index in [9.17, 15) is 9.59 Å². The van der Waals surface area contributed by atoms with Gasteiger partial charge in [0.15, 0.2) is 12.4 Å². The van der Waals surface area contributed by atoms with Gasteiger partial charge in [0.1, 0.15) is 15.5 Å². The fraction of sp³-hybridized carbons (Fsp3) is 0.0741. The molecule has 2 heterocycles. The average Bonchev–Trinajstić information content (AvgIpc) is 3.46. The van der Waals surface area contributed by atoms with E-state index in [0.717, 1.165) is 21.6 Å². The summed E-state index contributed by atoms with van der Waals surface area (Å²) in [5.41, 5.74) is 2.08. The lowest BCUT2D eigenvalue weighted by atomic mass is 10.3. The molecule has 7 nitrogen and oxygen atoms in total. The number of carbonyl (C=O) groups excluding carboxylic acids is 2. The van der Waals surface area contributed by atoms with Gasteiger partial charge in [-0.05, 0) is 61.5 Å². The molecule has 5 rings (SSSR count). The Morgan fingerprint density at radius 1 is 1.00 bits per heavy atom. The molecule has 0 bridgehead atoms. The predicted molar refractivity (Wildman–Crippen MR) is 141 cm³/mol. The minimum Gasteiger partial charge on any atom is -0.455 e. The van der Waals surface area contributed by atoms with Crippen LogP contribution >= 0.6 is 22.9 Å². The molecule has 0 saturated carbocycles. The van der Waals surface area contributed by atoms with E-state index in [1.165, 1.54) is 11.3 Å². The van der Waals surface area contributed by atoms with Crippen molar-refractivity contribution in [3.8, 4) is 17.2 Å². The topological polar surface area (TPSA) is 82.5 Å². The molecule has 0 atom stereocenters. The van der Waals surface area contributed by atoms with Crippen molar-refractivity contribution in [2.24, 2.45) is 0 Å². The molecule has 0 saturated heterocycles. The van der Waals surface area contributed by atoms with Crippen LogP contribution in [0.2, 0.25) is 5.02 Å². The second kappa shape index (κ2) is 10.2. The number of nitrogens with one attached hydrogen (secondary N) is 1. The minimum absolute atomic E-state index is 0.383. The molecule has 36 heavy (non-hydrogen) atoms. The second-order valence-electron chi connectivity index (χ2n) is 7.84. The summed E-state index contributed by atoms with van der Waals surface area (Å²) in [5.74, 6) is 0.0669. The Kier molecular flexibility index (Phi) is 6.71. The fourth-order valence-electron chi connectivity index (χ4n) is 3.57. The van der Waals surface area contributed by atoms with Crippen LogP contribution in [-0.4, -0.2) is 28.3 Å². The van der Waals surface area contributed by atoms with Gasteiger partial charge in [0.05, 0.1) is 17.1 Å². The number of para-hydroxylation sites is 3. The standard InChI is InChI=1S/C27H20ClN3O4S/c1-17-21-15-24(36-26(21)31(30-17)19-13-11-18(28)12-14-19)27(33)34-16-25(32)29-22-9-5-6-10-23(22)35-20-7-3-2-4-8-20/h2-15H,16H2,1H3,(H,29,32). The molecule has 0 spiro atoms. The smallest absolute Gasteiger partial charge is 0.348 e. The number of nitrogens with zero attached hydrogens (tertiary/aromatic N) is 2. The lowest BCUT2D eigenvalue weighted by Crippen LogP contribution is -2.20. The molecule has 3 aromatic carbocycles. The molecule has 1 amide bonds. The van der Waals surface area contributed by atoms with Crippen molar-refractivity contribution in [1.29, 1.82) is 0 Å². The van der Waals surface area contributed by atoms with Crippen molar-refractivity contribution in [2.75, 3.05) is 11.9 Å². The third kappa shape index (κ3) is 5.10. The van der Waals surface area contributed by atoms with Gasteiger partial charge in [-0.2, -0.15) is 5.10 Å². The van der Waals surface area contributed by atoms with Gasteiger partial charge in [-0.3, -0.25) is 4.79 Å². The average molecular weight is 518 g/mol. The Bertz CT molecular complexity index is 1540. The van der Waals surface area contributed by atoms with Gasteiger partial charge < -0.3 is 14.8 Å². The quantitative estimate of drug-likeness (QED) is 0.245. The first-order valence-corrected chi connectivity index (χ1v) is 12.2. The Balaban J connectivity index is 1.26. The SMILES string of the molecule is Cc1nn(-c2ccc(Cl)cc2)c2sc(C(=O)OCC(=O)Nc3ccccc3Oc3ccccc3)cc12. The Morgan fingerprint density at radius 3 is 2.50 bits per heavy atom. The number of ether oxygens (including phenoxy) is 2. The lowest BCUT2D eigenvalue weighted by Gasteiger charge is -2.12. The number of carbonyl (C=O) groups is 2. The molecule has 0 unspecified atom stereocenters. The van der Waals surface area contributed by atoms with Gasteiger partial charge >= 0.3 is 5.97 Å². The number of anilines is 1. The maximum Gasteiger partial charge on any atom is 0.348 e. The number of hydrogen-bond donors (Lipinski definition) is 1. The van der Waals surface area contributed by atoms with Gasteiger partial charge in [-0.15, -0.1) is 11.3 Å². The van der Waals surface area contributed by atoms with Crippen molar-refractivity contribution in [3.63, 3.8) is 0 Å². The number of esters is 1. The molecule has 0 aliphatic rings. The third-order valence-electron chi connectivity index (χ3n) is 5.28. The first-order chi connectivity index (χ1) is 17.5. The Hall–Kier alpha value is -4.14. The number of halogens is 1. The highest BCUT2D eigenvalue weighted by atomic mass is 35.5. The molecule has 0 fully saturated rings. The number of aryl methyl sites for hydroxylation is 1. The number of rotatable bonds is 7. The van der Waals surface area contributed by atoms with E-state index in [4.69, 9.17) is 21.1 Å². The van der Waals surface area contributed by atoms with Gasteiger partial charge in [0, 0.05) is 10.4 Å². The molecular weight excluding hydrogens is 498 g/mol. The summed E-state index contributed by atoms with van der Waals surface area (Å²) in [6.07, 6.45) is 0. The highest BCUT2D eigenvalue weighted by Gasteiger charge is 2.19. The number of fused-ring (bicyclic) bond motifs is 1. The van der Waals surface area contributed by atoms with Crippen molar-refractivity contribution in [1.82, 2.24) is 9.78 Å². The van der Waals surface area contributed by atoms with Gasteiger partial charge in [0.25, 0.3) is 5.91 Å². The van der Waals surface area contributed by atoms with Crippen LogP contribution in [0.15, 0.2) is 84.9 Å². The van der Waals surface area contributed by atoms with E-state index < -0.39 is 18.5 Å².